The highest BCUT2D eigenvalue weighted by Crippen LogP contribution is 2.44. The molecule has 1 aliphatic carbocycles. The molecule has 3 atom stereocenters. The third-order valence-electron chi connectivity index (χ3n) is 6.22. The third-order valence-corrected chi connectivity index (χ3v) is 6.22. The smallest absolute Gasteiger partial charge is 0.409 e. The number of fused-ring (bicyclic) bond motifs is 3. The number of hydrogen-bond donors (Lipinski definition) is 3. The van der Waals surface area contributed by atoms with Gasteiger partial charge in [0.2, 0.25) is 5.91 Å². The SMILES string of the molecule is CC[C@H](C)[C@H](NC(=O)CC(NC(=O)OCC1c2ccccc2-c2ccccc21)C(F)(F)F)C(=O)O. The fourth-order valence-corrected chi connectivity index (χ4v) is 4.13. The minimum absolute atomic E-state index is 0.189. The lowest BCUT2D eigenvalue weighted by Gasteiger charge is -2.24. The van der Waals surface area contributed by atoms with Gasteiger partial charge in [0, 0.05) is 5.92 Å². The summed E-state index contributed by atoms with van der Waals surface area (Å²) < 4.78 is 45.7. The van der Waals surface area contributed by atoms with Gasteiger partial charge in [0.1, 0.15) is 18.7 Å². The fourth-order valence-electron chi connectivity index (χ4n) is 4.13. The van der Waals surface area contributed by atoms with E-state index in [1.807, 2.05) is 48.5 Å². The summed E-state index contributed by atoms with van der Waals surface area (Å²) in [5, 5.41) is 13.1. The van der Waals surface area contributed by atoms with Gasteiger partial charge < -0.3 is 20.5 Å². The number of alkyl carbamates (subject to hydrolysis) is 1. The minimum atomic E-state index is -4.95. The van der Waals surface area contributed by atoms with Crippen LogP contribution >= 0.6 is 0 Å². The van der Waals surface area contributed by atoms with E-state index in [1.165, 1.54) is 0 Å². The van der Waals surface area contributed by atoms with Crippen molar-refractivity contribution in [3.8, 4) is 11.1 Å². The predicted octanol–water partition coefficient (Wildman–Crippen LogP) is 4.46. The summed E-state index contributed by atoms with van der Waals surface area (Å²) in [7, 11) is 0. The van der Waals surface area contributed by atoms with Crippen LogP contribution in [-0.4, -0.2) is 47.9 Å². The van der Waals surface area contributed by atoms with E-state index in [4.69, 9.17) is 4.74 Å². The van der Waals surface area contributed by atoms with E-state index in [1.54, 1.807) is 19.2 Å². The maximum Gasteiger partial charge on any atom is 0.409 e. The van der Waals surface area contributed by atoms with E-state index >= 15 is 0 Å². The summed E-state index contributed by atoms with van der Waals surface area (Å²) in [5.41, 5.74) is 3.74. The van der Waals surface area contributed by atoms with Gasteiger partial charge in [-0.25, -0.2) is 9.59 Å². The van der Waals surface area contributed by atoms with Crippen LogP contribution in [0.25, 0.3) is 11.1 Å². The van der Waals surface area contributed by atoms with Crippen LogP contribution in [0.2, 0.25) is 0 Å². The molecule has 0 aliphatic heterocycles. The molecule has 0 bridgehead atoms. The topological polar surface area (TPSA) is 105 Å². The summed E-state index contributed by atoms with van der Waals surface area (Å²) in [5.74, 6) is -3.32. The lowest BCUT2D eigenvalue weighted by atomic mass is 9.98. The number of nitrogens with one attached hydrogen (secondary N) is 2. The molecule has 1 aliphatic rings. The lowest BCUT2D eigenvalue weighted by Crippen LogP contribution is -2.51. The van der Waals surface area contributed by atoms with E-state index in [-0.39, 0.29) is 12.5 Å². The predicted molar refractivity (Wildman–Crippen MR) is 122 cm³/mol. The first-order valence-electron chi connectivity index (χ1n) is 11.2. The molecule has 0 heterocycles. The molecular formula is C25H27F3N2O5. The molecule has 2 aromatic rings. The summed E-state index contributed by atoms with van der Waals surface area (Å²) in [6, 6.07) is 11.1. The molecule has 0 aromatic heterocycles. The average molecular weight is 492 g/mol. The first kappa shape index (κ1) is 26.1. The summed E-state index contributed by atoms with van der Waals surface area (Å²) in [6.45, 7) is 3.07. The number of amides is 2. The van der Waals surface area contributed by atoms with Gasteiger partial charge in [-0.05, 0) is 28.2 Å². The van der Waals surface area contributed by atoms with Gasteiger partial charge in [0.25, 0.3) is 0 Å². The molecule has 1 unspecified atom stereocenters. The first-order valence-corrected chi connectivity index (χ1v) is 11.2. The summed E-state index contributed by atoms with van der Waals surface area (Å²) >= 11 is 0. The molecule has 0 saturated heterocycles. The third kappa shape index (κ3) is 6.12. The molecule has 3 rings (SSSR count). The van der Waals surface area contributed by atoms with Crippen molar-refractivity contribution in [2.45, 2.75) is 50.9 Å². The lowest BCUT2D eigenvalue weighted by molar-refractivity contribution is -0.161. The Morgan fingerprint density at radius 1 is 1.00 bits per heavy atom. The van der Waals surface area contributed by atoms with E-state index < -0.39 is 48.6 Å². The second-order valence-corrected chi connectivity index (χ2v) is 8.54. The average Bonchev–Trinajstić information content (AvgIpc) is 3.13. The molecule has 0 saturated carbocycles. The van der Waals surface area contributed by atoms with Crippen LogP contribution in [0.15, 0.2) is 48.5 Å². The van der Waals surface area contributed by atoms with Gasteiger partial charge in [-0.15, -0.1) is 0 Å². The number of carbonyl (C=O) groups is 3. The van der Waals surface area contributed by atoms with Gasteiger partial charge in [-0.3, -0.25) is 4.79 Å². The summed E-state index contributed by atoms with van der Waals surface area (Å²) in [4.78, 5) is 35.8. The minimum Gasteiger partial charge on any atom is -0.480 e. The molecule has 2 amide bonds. The van der Waals surface area contributed by atoms with Gasteiger partial charge in [-0.1, -0.05) is 68.8 Å². The van der Waals surface area contributed by atoms with Crippen LogP contribution < -0.4 is 10.6 Å². The Labute approximate surface area is 200 Å². The fraction of sp³-hybridized carbons (Fsp3) is 0.400. The van der Waals surface area contributed by atoms with E-state index in [0.717, 1.165) is 22.3 Å². The van der Waals surface area contributed by atoms with Crippen molar-refractivity contribution >= 4 is 18.0 Å². The first-order chi connectivity index (χ1) is 16.5. The molecule has 3 N–H and O–H groups in total. The van der Waals surface area contributed by atoms with Crippen LogP contribution in [-0.2, 0) is 14.3 Å². The van der Waals surface area contributed by atoms with E-state index in [0.29, 0.717) is 6.42 Å². The molecule has 0 fully saturated rings. The zero-order valence-corrected chi connectivity index (χ0v) is 19.3. The Kier molecular flexibility index (Phi) is 8.03. The molecule has 7 nitrogen and oxygen atoms in total. The number of carbonyl (C=O) groups excluding carboxylic acids is 2. The highest BCUT2D eigenvalue weighted by Gasteiger charge is 2.43. The Morgan fingerprint density at radius 3 is 2.03 bits per heavy atom. The number of halogens is 3. The number of ether oxygens (including phenoxy) is 1. The second kappa shape index (κ2) is 10.8. The number of alkyl halides is 3. The normalized spacial score (nSPS) is 15.3. The maximum atomic E-state index is 13.5. The van der Waals surface area contributed by atoms with Crippen LogP contribution in [0.5, 0.6) is 0 Å². The molecule has 35 heavy (non-hydrogen) atoms. The van der Waals surface area contributed by atoms with Crippen molar-refractivity contribution in [2.24, 2.45) is 5.92 Å². The van der Waals surface area contributed by atoms with Gasteiger partial charge >= 0.3 is 18.2 Å². The highest BCUT2D eigenvalue weighted by molar-refractivity contribution is 5.84. The summed E-state index contributed by atoms with van der Waals surface area (Å²) in [6.07, 6.45) is -7.04. The van der Waals surface area contributed by atoms with E-state index in [2.05, 4.69) is 5.32 Å². The van der Waals surface area contributed by atoms with Crippen molar-refractivity contribution in [2.75, 3.05) is 6.61 Å². The Bertz CT molecular complexity index is 1040. The second-order valence-electron chi connectivity index (χ2n) is 8.54. The van der Waals surface area contributed by atoms with Crippen molar-refractivity contribution in [1.29, 1.82) is 0 Å². The van der Waals surface area contributed by atoms with Crippen molar-refractivity contribution in [1.82, 2.24) is 10.6 Å². The van der Waals surface area contributed by atoms with Crippen LogP contribution in [0, 0.1) is 5.92 Å². The quantitative estimate of drug-likeness (QED) is 0.479. The number of rotatable bonds is 9. The van der Waals surface area contributed by atoms with E-state index in [9.17, 15) is 32.7 Å². The number of hydrogen-bond acceptors (Lipinski definition) is 4. The van der Waals surface area contributed by atoms with Crippen molar-refractivity contribution in [3.63, 3.8) is 0 Å². The number of benzene rings is 2. The standard InChI is InChI=1S/C25H27F3N2O5/c1-3-14(2)22(23(32)33)30-21(31)12-20(25(26,27)28)29-24(34)35-13-19-17-10-6-4-8-15(17)16-9-5-7-11-18(16)19/h4-11,14,19-20,22H,3,12-13H2,1-2H3,(H,29,34)(H,30,31)(H,32,33)/t14-,20?,22-/m0/s1. The molecule has 10 heteroatoms. The van der Waals surface area contributed by atoms with Gasteiger partial charge in [-0.2, -0.15) is 13.2 Å². The molecule has 0 spiro atoms. The molecule has 188 valence electrons. The van der Waals surface area contributed by atoms with Crippen molar-refractivity contribution < 1.29 is 37.4 Å². The monoisotopic (exact) mass is 492 g/mol. The van der Waals surface area contributed by atoms with Gasteiger partial charge in [0.15, 0.2) is 0 Å². The number of aliphatic carboxylic acids is 1. The number of carboxylic acid groups (broad SMARTS) is 1. The number of carboxylic acids is 1. The van der Waals surface area contributed by atoms with Crippen molar-refractivity contribution in [3.05, 3.63) is 59.7 Å². The Morgan fingerprint density at radius 2 is 1.54 bits per heavy atom. The zero-order chi connectivity index (χ0) is 25.8. The van der Waals surface area contributed by atoms with Crippen LogP contribution in [0.3, 0.4) is 0 Å². The van der Waals surface area contributed by atoms with Crippen LogP contribution in [0.1, 0.15) is 43.7 Å². The largest absolute Gasteiger partial charge is 0.480 e. The zero-order valence-electron chi connectivity index (χ0n) is 19.3. The molecule has 2 aromatic carbocycles. The Balaban J connectivity index is 1.65. The molecule has 0 radical (unpaired) electrons. The highest BCUT2D eigenvalue weighted by atomic mass is 19.4. The maximum absolute atomic E-state index is 13.5. The van der Waals surface area contributed by atoms with Gasteiger partial charge in [0.05, 0.1) is 6.42 Å². The Hall–Kier alpha value is -3.56. The van der Waals surface area contributed by atoms with Crippen LogP contribution in [0.4, 0.5) is 18.0 Å². The molecular weight excluding hydrogens is 465 g/mol.